The third-order valence-corrected chi connectivity index (χ3v) is 4.62. The van der Waals surface area contributed by atoms with Crippen molar-refractivity contribution in [1.82, 2.24) is 9.47 Å². The first-order valence-electron chi connectivity index (χ1n) is 7.61. The van der Waals surface area contributed by atoms with Gasteiger partial charge in [0, 0.05) is 24.2 Å². The molecule has 3 nitrogen and oxygen atoms in total. The molecule has 1 aromatic carbocycles. The lowest BCUT2D eigenvalue weighted by molar-refractivity contribution is 0.171. The average molecular weight is 272 g/mol. The van der Waals surface area contributed by atoms with E-state index in [4.69, 9.17) is 4.74 Å². The van der Waals surface area contributed by atoms with E-state index in [9.17, 15) is 0 Å². The highest BCUT2D eigenvalue weighted by Gasteiger charge is 2.18. The topological polar surface area (TPSA) is 17.4 Å². The first kappa shape index (κ1) is 13.5. The highest BCUT2D eigenvalue weighted by molar-refractivity contribution is 5.86. The molecule has 1 unspecified atom stereocenters. The monoisotopic (exact) mass is 272 g/mol. The highest BCUT2D eigenvalue weighted by Crippen LogP contribution is 2.27. The van der Waals surface area contributed by atoms with E-state index in [0.717, 1.165) is 18.3 Å². The van der Waals surface area contributed by atoms with Crippen molar-refractivity contribution in [2.45, 2.75) is 38.3 Å². The number of hydrogen-bond donors (Lipinski definition) is 0. The molecule has 2 heterocycles. The van der Waals surface area contributed by atoms with E-state index in [-0.39, 0.29) is 0 Å². The van der Waals surface area contributed by atoms with Gasteiger partial charge in [-0.05, 0) is 51.1 Å². The molecule has 3 heteroatoms. The zero-order chi connectivity index (χ0) is 13.9. The van der Waals surface area contributed by atoms with E-state index in [2.05, 4.69) is 40.9 Å². The lowest BCUT2D eigenvalue weighted by atomic mass is 10.0. The van der Waals surface area contributed by atoms with Gasteiger partial charge in [0.1, 0.15) is 5.75 Å². The third-order valence-electron chi connectivity index (χ3n) is 4.62. The Labute approximate surface area is 121 Å². The molecule has 1 atom stereocenters. The Balaban J connectivity index is 1.74. The number of piperidine rings is 1. The number of aryl methyl sites for hydroxylation is 1. The zero-order valence-electron chi connectivity index (χ0n) is 12.5. The normalized spacial score (nSPS) is 20.4. The van der Waals surface area contributed by atoms with Gasteiger partial charge in [0.05, 0.1) is 12.6 Å². The predicted molar refractivity (Wildman–Crippen MR) is 83.4 cm³/mol. The van der Waals surface area contributed by atoms with Crippen molar-refractivity contribution in [3.05, 3.63) is 30.5 Å². The van der Waals surface area contributed by atoms with Gasteiger partial charge in [-0.15, -0.1) is 0 Å². The van der Waals surface area contributed by atoms with Crippen LogP contribution in [0.1, 0.15) is 25.7 Å². The first-order valence-corrected chi connectivity index (χ1v) is 7.61. The molecular formula is C17H24N2O. The molecule has 1 fully saturated rings. The summed E-state index contributed by atoms with van der Waals surface area (Å²) in [5.41, 5.74) is 1.28. The van der Waals surface area contributed by atoms with Gasteiger partial charge >= 0.3 is 0 Å². The number of likely N-dealkylation sites (tertiary alicyclic amines) is 1. The number of ether oxygens (including phenoxy) is 1. The Morgan fingerprint density at radius 1 is 1.25 bits per heavy atom. The maximum absolute atomic E-state index is 5.43. The number of fused-ring (bicyclic) bond motifs is 1. The van der Waals surface area contributed by atoms with Crippen LogP contribution in [0.3, 0.4) is 0 Å². The minimum absolute atomic E-state index is 0.742. The molecule has 0 amide bonds. The van der Waals surface area contributed by atoms with Crippen molar-refractivity contribution in [2.75, 3.05) is 20.7 Å². The van der Waals surface area contributed by atoms with E-state index in [0.29, 0.717) is 0 Å². The Morgan fingerprint density at radius 3 is 2.95 bits per heavy atom. The van der Waals surface area contributed by atoms with Gasteiger partial charge in [0.15, 0.2) is 0 Å². The smallest absolute Gasteiger partial charge is 0.128 e. The molecule has 2 aromatic rings. The average Bonchev–Trinajstić information content (AvgIpc) is 2.89. The molecule has 3 rings (SSSR count). The number of aromatic nitrogens is 1. The predicted octanol–water partition coefficient (Wildman–Crippen LogP) is 3.52. The molecule has 1 aromatic heterocycles. The van der Waals surface area contributed by atoms with Crippen LogP contribution in [0.25, 0.3) is 10.9 Å². The first-order chi connectivity index (χ1) is 9.79. The molecule has 0 bridgehead atoms. The summed E-state index contributed by atoms with van der Waals surface area (Å²) in [5.74, 6) is 0.969. The highest BCUT2D eigenvalue weighted by atomic mass is 16.5. The van der Waals surface area contributed by atoms with Crippen LogP contribution in [0.4, 0.5) is 0 Å². The molecular weight excluding hydrogens is 248 g/mol. The van der Waals surface area contributed by atoms with Crippen molar-refractivity contribution in [2.24, 2.45) is 0 Å². The van der Waals surface area contributed by atoms with E-state index < -0.39 is 0 Å². The van der Waals surface area contributed by atoms with Crippen LogP contribution in [0.2, 0.25) is 0 Å². The van der Waals surface area contributed by atoms with Gasteiger partial charge in [0.25, 0.3) is 0 Å². The summed E-state index contributed by atoms with van der Waals surface area (Å²) in [6.07, 6.45) is 7.51. The van der Waals surface area contributed by atoms with Crippen LogP contribution in [-0.4, -0.2) is 36.2 Å². The van der Waals surface area contributed by atoms with Crippen molar-refractivity contribution in [1.29, 1.82) is 0 Å². The molecule has 0 N–H and O–H groups in total. The fourth-order valence-electron chi connectivity index (χ4n) is 3.37. The maximum Gasteiger partial charge on any atom is 0.128 e. The molecule has 1 saturated heterocycles. The Bertz CT molecular complexity index is 575. The molecule has 1 aliphatic heterocycles. The summed E-state index contributed by atoms with van der Waals surface area (Å²) in [6, 6.07) is 9.19. The molecule has 0 aliphatic carbocycles. The molecule has 20 heavy (non-hydrogen) atoms. The largest absolute Gasteiger partial charge is 0.496 e. The van der Waals surface area contributed by atoms with Gasteiger partial charge < -0.3 is 14.2 Å². The summed E-state index contributed by atoms with van der Waals surface area (Å²) in [7, 11) is 4.00. The number of hydrogen-bond acceptors (Lipinski definition) is 2. The minimum atomic E-state index is 0.742. The van der Waals surface area contributed by atoms with Crippen LogP contribution in [-0.2, 0) is 6.54 Å². The van der Waals surface area contributed by atoms with Gasteiger partial charge in [-0.3, -0.25) is 0 Å². The number of methoxy groups -OCH3 is 1. The number of rotatable bonds is 4. The van der Waals surface area contributed by atoms with Crippen LogP contribution in [0, 0.1) is 0 Å². The molecule has 1 aliphatic rings. The fourth-order valence-corrected chi connectivity index (χ4v) is 3.37. The lowest BCUT2D eigenvalue weighted by Gasteiger charge is -2.32. The van der Waals surface area contributed by atoms with Crippen LogP contribution in [0.15, 0.2) is 30.5 Å². The summed E-state index contributed by atoms with van der Waals surface area (Å²) in [5, 5.41) is 1.21. The van der Waals surface area contributed by atoms with Crippen molar-refractivity contribution < 1.29 is 4.74 Å². The van der Waals surface area contributed by atoms with Crippen LogP contribution < -0.4 is 4.74 Å². The summed E-state index contributed by atoms with van der Waals surface area (Å²) < 4.78 is 7.79. The van der Waals surface area contributed by atoms with Gasteiger partial charge in [-0.2, -0.15) is 0 Å². The standard InChI is InChI=1S/C17H24N2O/c1-18-11-4-3-6-14(18)9-12-19-13-10-15-16(19)7-5-8-17(15)20-2/h5,7-8,10,13-14H,3-4,6,9,11-12H2,1-2H3. The number of nitrogens with zero attached hydrogens (tertiary/aromatic N) is 2. The Morgan fingerprint density at radius 2 is 2.15 bits per heavy atom. The second-order valence-corrected chi connectivity index (χ2v) is 5.82. The lowest BCUT2D eigenvalue weighted by Crippen LogP contribution is -2.36. The second-order valence-electron chi connectivity index (χ2n) is 5.82. The van der Waals surface area contributed by atoms with Gasteiger partial charge in [0.2, 0.25) is 0 Å². The van der Waals surface area contributed by atoms with E-state index in [1.54, 1.807) is 7.11 Å². The Kier molecular flexibility index (Phi) is 3.97. The maximum atomic E-state index is 5.43. The van der Waals surface area contributed by atoms with Gasteiger partial charge in [-0.25, -0.2) is 0 Å². The van der Waals surface area contributed by atoms with Crippen LogP contribution in [0.5, 0.6) is 5.75 Å². The van der Waals surface area contributed by atoms with Gasteiger partial charge in [-0.1, -0.05) is 12.5 Å². The summed E-state index contributed by atoms with van der Waals surface area (Å²) >= 11 is 0. The molecule has 108 valence electrons. The van der Waals surface area contributed by atoms with E-state index in [1.165, 1.54) is 43.1 Å². The second kappa shape index (κ2) is 5.88. The zero-order valence-corrected chi connectivity index (χ0v) is 12.5. The molecule has 0 radical (unpaired) electrons. The molecule has 0 saturated carbocycles. The third kappa shape index (κ3) is 2.55. The van der Waals surface area contributed by atoms with Crippen molar-refractivity contribution in [3.8, 4) is 5.75 Å². The molecule has 0 spiro atoms. The SMILES string of the molecule is COc1cccc2c1ccn2CCC1CCCCN1C. The number of benzene rings is 1. The van der Waals surface area contributed by atoms with Crippen molar-refractivity contribution in [3.63, 3.8) is 0 Å². The van der Waals surface area contributed by atoms with E-state index in [1.807, 2.05) is 6.07 Å². The Hall–Kier alpha value is -1.48. The fraction of sp³-hybridized carbons (Fsp3) is 0.529. The summed E-state index contributed by atoms with van der Waals surface area (Å²) in [6.45, 7) is 2.34. The quantitative estimate of drug-likeness (QED) is 0.847. The minimum Gasteiger partial charge on any atom is -0.496 e. The van der Waals surface area contributed by atoms with Crippen molar-refractivity contribution >= 4 is 10.9 Å². The summed E-state index contributed by atoms with van der Waals surface area (Å²) in [4.78, 5) is 2.52. The van der Waals surface area contributed by atoms with Crippen LogP contribution >= 0.6 is 0 Å². The van der Waals surface area contributed by atoms with E-state index >= 15 is 0 Å².